The standard InChI is InChI=1S/C14H17N3OS/c1-18-12-7-6-9(8-16-12)13(15)14-17-10-4-2-3-5-11(10)19-14/h6-8,13H,2-5,15H2,1H3. The molecule has 0 aliphatic heterocycles. The molecule has 1 unspecified atom stereocenters. The molecule has 0 radical (unpaired) electrons. The number of hydrogen-bond donors (Lipinski definition) is 1. The van der Waals surface area contributed by atoms with Gasteiger partial charge in [-0.1, -0.05) is 6.07 Å². The molecule has 2 heterocycles. The van der Waals surface area contributed by atoms with Crippen molar-refractivity contribution < 1.29 is 4.74 Å². The number of hydrogen-bond acceptors (Lipinski definition) is 5. The van der Waals surface area contributed by atoms with Gasteiger partial charge in [-0.15, -0.1) is 11.3 Å². The van der Waals surface area contributed by atoms with E-state index in [1.165, 1.54) is 23.4 Å². The van der Waals surface area contributed by atoms with Crippen molar-refractivity contribution >= 4 is 11.3 Å². The van der Waals surface area contributed by atoms with E-state index in [-0.39, 0.29) is 6.04 Å². The van der Waals surface area contributed by atoms with E-state index in [0.717, 1.165) is 23.4 Å². The van der Waals surface area contributed by atoms with Crippen LogP contribution in [0.5, 0.6) is 5.88 Å². The Balaban J connectivity index is 1.85. The van der Waals surface area contributed by atoms with Gasteiger partial charge in [0.15, 0.2) is 0 Å². The molecule has 4 nitrogen and oxygen atoms in total. The Bertz CT molecular complexity index is 541. The summed E-state index contributed by atoms with van der Waals surface area (Å²) in [5, 5.41) is 0.999. The summed E-state index contributed by atoms with van der Waals surface area (Å²) in [4.78, 5) is 10.3. The second-order valence-corrected chi connectivity index (χ2v) is 5.86. The molecule has 0 spiro atoms. The fraction of sp³-hybridized carbons (Fsp3) is 0.429. The van der Waals surface area contributed by atoms with Crippen LogP contribution in [0.4, 0.5) is 0 Å². The van der Waals surface area contributed by atoms with Gasteiger partial charge in [-0.25, -0.2) is 9.97 Å². The fourth-order valence-electron chi connectivity index (χ4n) is 2.34. The van der Waals surface area contributed by atoms with Gasteiger partial charge < -0.3 is 10.5 Å². The second kappa shape index (κ2) is 5.27. The summed E-state index contributed by atoms with van der Waals surface area (Å²) >= 11 is 1.75. The van der Waals surface area contributed by atoms with Crippen molar-refractivity contribution in [3.8, 4) is 5.88 Å². The lowest BCUT2D eigenvalue weighted by Crippen LogP contribution is -2.12. The second-order valence-electron chi connectivity index (χ2n) is 4.74. The number of aryl methyl sites for hydroxylation is 2. The highest BCUT2D eigenvalue weighted by Gasteiger charge is 2.19. The van der Waals surface area contributed by atoms with Crippen LogP contribution >= 0.6 is 11.3 Å². The van der Waals surface area contributed by atoms with Gasteiger partial charge in [-0.05, 0) is 31.2 Å². The highest BCUT2D eigenvalue weighted by Crippen LogP contribution is 2.31. The zero-order valence-corrected chi connectivity index (χ0v) is 11.7. The summed E-state index contributed by atoms with van der Waals surface area (Å²) in [5.74, 6) is 0.606. The third kappa shape index (κ3) is 2.48. The highest BCUT2D eigenvalue weighted by atomic mass is 32.1. The topological polar surface area (TPSA) is 61.0 Å². The average Bonchev–Trinajstić information content (AvgIpc) is 2.90. The van der Waals surface area contributed by atoms with Crippen LogP contribution in [0.2, 0.25) is 0 Å². The van der Waals surface area contributed by atoms with E-state index < -0.39 is 0 Å². The number of nitrogens with zero attached hydrogens (tertiary/aromatic N) is 2. The Labute approximate surface area is 116 Å². The van der Waals surface area contributed by atoms with E-state index in [1.807, 2.05) is 12.1 Å². The molecule has 1 aliphatic rings. The molecular weight excluding hydrogens is 258 g/mol. The first-order valence-corrected chi connectivity index (χ1v) is 7.33. The monoisotopic (exact) mass is 275 g/mol. The van der Waals surface area contributed by atoms with Crippen molar-refractivity contribution in [2.45, 2.75) is 31.7 Å². The molecule has 0 aromatic carbocycles. The number of aromatic nitrogens is 2. The van der Waals surface area contributed by atoms with Crippen molar-refractivity contribution in [3.63, 3.8) is 0 Å². The Hall–Kier alpha value is -1.46. The molecule has 2 N–H and O–H groups in total. The first kappa shape index (κ1) is 12.6. The predicted molar refractivity (Wildman–Crippen MR) is 75.6 cm³/mol. The van der Waals surface area contributed by atoms with Crippen LogP contribution in [-0.4, -0.2) is 17.1 Å². The molecule has 3 rings (SSSR count). The van der Waals surface area contributed by atoms with Gasteiger partial charge in [0.1, 0.15) is 5.01 Å². The average molecular weight is 275 g/mol. The maximum atomic E-state index is 6.29. The third-order valence-corrected chi connectivity index (χ3v) is 4.70. The van der Waals surface area contributed by atoms with Crippen LogP contribution in [0, 0.1) is 0 Å². The number of ether oxygens (including phenoxy) is 1. The van der Waals surface area contributed by atoms with Crippen LogP contribution in [-0.2, 0) is 12.8 Å². The lowest BCUT2D eigenvalue weighted by molar-refractivity contribution is 0.397. The summed E-state index contributed by atoms with van der Waals surface area (Å²) < 4.78 is 5.06. The van der Waals surface area contributed by atoms with E-state index in [4.69, 9.17) is 15.5 Å². The van der Waals surface area contributed by atoms with Gasteiger partial charge in [0.25, 0.3) is 0 Å². The molecule has 0 amide bonds. The highest BCUT2D eigenvalue weighted by molar-refractivity contribution is 7.11. The molecule has 2 aromatic heterocycles. The van der Waals surface area contributed by atoms with Gasteiger partial charge in [-0.3, -0.25) is 0 Å². The zero-order chi connectivity index (χ0) is 13.2. The Morgan fingerprint density at radius 3 is 2.84 bits per heavy atom. The van der Waals surface area contributed by atoms with Crippen molar-refractivity contribution in [1.29, 1.82) is 0 Å². The molecule has 0 saturated heterocycles. The molecule has 2 aromatic rings. The summed E-state index contributed by atoms with van der Waals surface area (Å²) in [5.41, 5.74) is 8.52. The number of rotatable bonds is 3. The molecule has 100 valence electrons. The predicted octanol–water partition coefficient (Wildman–Crippen LogP) is 2.47. The number of nitrogens with two attached hydrogens (primary N) is 1. The van der Waals surface area contributed by atoms with Gasteiger partial charge in [-0.2, -0.15) is 0 Å². The van der Waals surface area contributed by atoms with Crippen LogP contribution in [0.3, 0.4) is 0 Å². The van der Waals surface area contributed by atoms with Crippen molar-refractivity contribution in [2.24, 2.45) is 5.73 Å². The maximum Gasteiger partial charge on any atom is 0.212 e. The van der Waals surface area contributed by atoms with E-state index in [0.29, 0.717) is 5.88 Å². The lowest BCUT2D eigenvalue weighted by Gasteiger charge is -2.08. The van der Waals surface area contributed by atoms with Gasteiger partial charge in [0.2, 0.25) is 5.88 Å². The smallest absolute Gasteiger partial charge is 0.212 e. The van der Waals surface area contributed by atoms with Crippen LogP contribution in [0.15, 0.2) is 18.3 Å². The first-order valence-electron chi connectivity index (χ1n) is 6.52. The Morgan fingerprint density at radius 1 is 1.32 bits per heavy atom. The van der Waals surface area contributed by atoms with Gasteiger partial charge in [0, 0.05) is 17.1 Å². The minimum atomic E-state index is -0.186. The zero-order valence-electron chi connectivity index (χ0n) is 10.9. The molecular formula is C14H17N3OS. The normalized spacial score (nSPS) is 15.9. The van der Waals surface area contributed by atoms with Crippen molar-refractivity contribution in [2.75, 3.05) is 7.11 Å². The molecule has 19 heavy (non-hydrogen) atoms. The number of methoxy groups -OCH3 is 1. The molecule has 0 saturated carbocycles. The largest absolute Gasteiger partial charge is 0.481 e. The SMILES string of the molecule is COc1ccc(C(N)c2nc3c(s2)CCCC3)cn1. The molecule has 0 fully saturated rings. The van der Waals surface area contributed by atoms with E-state index in [2.05, 4.69) is 4.98 Å². The van der Waals surface area contributed by atoms with Crippen molar-refractivity contribution in [1.82, 2.24) is 9.97 Å². The minimum absolute atomic E-state index is 0.186. The van der Waals surface area contributed by atoms with Crippen LogP contribution in [0.25, 0.3) is 0 Å². The maximum absolute atomic E-state index is 6.29. The lowest BCUT2D eigenvalue weighted by atomic mass is 10.0. The number of fused-ring (bicyclic) bond motifs is 1. The molecule has 1 atom stereocenters. The fourth-order valence-corrected chi connectivity index (χ4v) is 3.53. The third-order valence-electron chi connectivity index (χ3n) is 3.46. The van der Waals surface area contributed by atoms with Gasteiger partial charge >= 0.3 is 0 Å². The van der Waals surface area contributed by atoms with Crippen molar-refractivity contribution in [3.05, 3.63) is 39.5 Å². The molecule has 1 aliphatic carbocycles. The number of thiazole rings is 1. The van der Waals surface area contributed by atoms with E-state index in [9.17, 15) is 0 Å². The Kier molecular flexibility index (Phi) is 3.48. The summed E-state index contributed by atoms with van der Waals surface area (Å²) in [6.07, 6.45) is 6.54. The van der Waals surface area contributed by atoms with E-state index in [1.54, 1.807) is 24.6 Å². The number of pyridine rings is 1. The molecule has 0 bridgehead atoms. The first-order chi connectivity index (χ1) is 9.28. The molecule has 5 heteroatoms. The summed E-state index contributed by atoms with van der Waals surface area (Å²) in [6, 6.07) is 3.61. The Morgan fingerprint density at radius 2 is 2.16 bits per heavy atom. The van der Waals surface area contributed by atoms with E-state index >= 15 is 0 Å². The van der Waals surface area contributed by atoms with Crippen LogP contribution < -0.4 is 10.5 Å². The summed E-state index contributed by atoms with van der Waals surface area (Å²) in [7, 11) is 1.61. The van der Waals surface area contributed by atoms with Crippen LogP contribution in [0.1, 0.15) is 40.0 Å². The quantitative estimate of drug-likeness (QED) is 0.934. The minimum Gasteiger partial charge on any atom is -0.481 e. The van der Waals surface area contributed by atoms with Gasteiger partial charge in [0.05, 0.1) is 18.8 Å². The summed E-state index contributed by atoms with van der Waals surface area (Å²) in [6.45, 7) is 0.